The number of hydrogen-bond donors (Lipinski definition) is 0. The molecule has 19 heavy (non-hydrogen) atoms. The lowest BCUT2D eigenvalue weighted by Gasteiger charge is -2.04. The van der Waals surface area contributed by atoms with Gasteiger partial charge in [0.1, 0.15) is 5.75 Å². The third kappa shape index (κ3) is 3.57. The van der Waals surface area contributed by atoms with Gasteiger partial charge >= 0.3 is 5.97 Å². The Morgan fingerprint density at radius 3 is 2.32 bits per heavy atom. The van der Waals surface area contributed by atoms with Crippen molar-refractivity contribution in [2.24, 2.45) is 0 Å². The molecule has 0 aliphatic rings. The van der Waals surface area contributed by atoms with Crippen LogP contribution in [-0.4, -0.2) is 5.97 Å². The lowest BCUT2D eigenvalue weighted by molar-refractivity contribution is 0.0735. The molecule has 0 aliphatic carbocycles. The summed E-state index contributed by atoms with van der Waals surface area (Å²) in [6, 6.07) is 15.4. The first-order valence-corrected chi connectivity index (χ1v) is 6.00. The molecule has 0 N–H and O–H groups in total. The van der Waals surface area contributed by atoms with Crippen molar-refractivity contribution in [3.05, 3.63) is 64.7 Å². The van der Waals surface area contributed by atoms with Crippen molar-refractivity contribution in [1.29, 1.82) is 5.26 Å². The summed E-state index contributed by atoms with van der Waals surface area (Å²) in [5, 5.41) is 9.13. The molecule has 2 aromatic carbocycles. The van der Waals surface area contributed by atoms with Gasteiger partial charge in [0.25, 0.3) is 0 Å². The van der Waals surface area contributed by atoms with Crippen LogP contribution in [0.3, 0.4) is 0 Å². The van der Waals surface area contributed by atoms with Crippen molar-refractivity contribution in [3.63, 3.8) is 0 Å². The Morgan fingerprint density at radius 2 is 1.74 bits per heavy atom. The van der Waals surface area contributed by atoms with Crippen molar-refractivity contribution in [2.45, 2.75) is 6.42 Å². The van der Waals surface area contributed by atoms with Crippen molar-refractivity contribution in [1.82, 2.24) is 0 Å². The van der Waals surface area contributed by atoms with Gasteiger partial charge in [-0.15, -0.1) is 0 Å². The summed E-state index contributed by atoms with van der Waals surface area (Å²) >= 11 is 5.75. The van der Waals surface area contributed by atoms with Gasteiger partial charge in [-0.05, 0) is 42.0 Å². The highest BCUT2D eigenvalue weighted by molar-refractivity contribution is 6.30. The predicted molar refractivity (Wildman–Crippen MR) is 72.2 cm³/mol. The number of halogens is 1. The van der Waals surface area contributed by atoms with Crippen LogP contribution in [0.2, 0.25) is 5.02 Å². The van der Waals surface area contributed by atoms with Gasteiger partial charge in [-0.2, -0.15) is 5.26 Å². The molecule has 2 rings (SSSR count). The van der Waals surface area contributed by atoms with Crippen molar-refractivity contribution in [3.8, 4) is 11.8 Å². The Labute approximate surface area is 116 Å². The van der Waals surface area contributed by atoms with Gasteiger partial charge in [0, 0.05) is 5.02 Å². The highest BCUT2D eigenvalue weighted by Gasteiger charge is 2.08. The van der Waals surface area contributed by atoms with Crippen LogP contribution in [0.5, 0.6) is 5.75 Å². The fraction of sp³-hybridized carbons (Fsp3) is 0.0667. The lowest BCUT2D eigenvalue weighted by atomic mass is 10.1. The Balaban J connectivity index is 2.06. The Bertz CT molecular complexity index is 612. The third-order valence-electron chi connectivity index (χ3n) is 2.50. The molecular weight excluding hydrogens is 262 g/mol. The van der Waals surface area contributed by atoms with E-state index < -0.39 is 5.97 Å². The fourth-order valence-corrected chi connectivity index (χ4v) is 1.64. The van der Waals surface area contributed by atoms with Crippen LogP contribution in [0.4, 0.5) is 0 Å². The summed E-state index contributed by atoms with van der Waals surface area (Å²) < 4.78 is 5.21. The van der Waals surface area contributed by atoms with Gasteiger partial charge < -0.3 is 4.74 Å². The van der Waals surface area contributed by atoms with E-state index in [-0.39, 0.29) is 0 Å². The van der Waals surface area contributed by atoms with Crippen LogP contribution >= 0.6 is 11.6 Å². The first-order chi connectivity index (χ1) is 9.19. The molecule has 3 nitrogen and oxygen atoms in total. The Kier molecular flexibility index (Phi) is 4.17. The van der Waals surface area contributed by atoms with E-state index in [0.29, 0.717) is 22.8 Å². The van der Waals surface area contributed by atoms with E-state index >= 15 is 0 Å². The average Bonchev–Trinajstić information content (AvgIpc) is 2.42. The summed E-state index contributed by atoms with van der Waals surface area (Å²) in [5.74, 6) is 0.00587. The molecular formula is C15H10ClNO2. The third-order valence-corrected chi connectivity index (χ3v) is 2.75. The molecule has 0 heterocycles. The minimum absolute atomic E-state index is 0.339. The average molecular weight is 272 g/mol. The molecule has 0 unspecified atom stereocenters. The zero-order chi connectivity index (χ0) is 13.7. The molecule has 0 spiro atoms. The zero-order valence-corrected chi connectivity index (χ0v) is 10.7. The number of hydrogen-bond acceptors (Lipinski definition) is 3. The van der Waals surface area contributed by atoms with Crippen LogP contribution in [-0.2, 0) is 6.42 Å². The minimum atomic E-state index is -0.440. The maximum Gasteiger partial charge on any atom is 0.343 e. The molecule has 0 saturated heterocycles. The molecule has 4 heteroatoms. The minimum Gasteiger partial charge on any atom is -0.423 e. The highest BCUT2D eigenvalue weighted by atomic mass is 35.5. The van der Waals surface area contributed by atoms with E-state index in [4.69, 9.17) is 21.6 Å². The molecule has 2 aromatic rings. The second-order valence-corrected chi connectivity index (χ2v) is 4.31. The van der Waals surface area contributed by atoms with Gasteiger partial charge in [-0.3, -0.25) is 0 Å². The number of nitriles is 1. The van der Waals surface area contributed by atoms with Gasteiger partial charge in [0.05, 0.1) is 18.1 Å². The van der Waals surface area contributed by atoms with E-state index in [9.17, 15) is 4.79 Å². The topological polar surface area (TPSA) is 50.1 Å². The number of esters is 1. The summed E-state index contributed by atoms with van der Waals surface area (Å²) in [6.45, 7) is 0. The highest BCUT2D eigenvalue weighted by Crippen LogP contribution is 2.16. The summed E-state index contributed by atoms with van der Waals surface area (Å²) in [6.07, 6.45) is 0.339. The van der Waals surface area contributed by atoms with Crippen LogP contribution in [0.15, 0.2) is 48.5 Å². The van der Waals surface area contributed by atoms with Crippen LogP contribution in [0, 0.1) is 11.3 Å². The number of ether oxygens (including phenoxy) is 1. The molecule has 0 aliphatic heterocycles. The van der Waals surface area contributed by atoms with Gasteiger partial charge in [-0.25, -0.2) is 4.79 Å². The molecule has 0 amide bonds. The monoisotopic (exact) mass is 271 g/mol. The second kappa shape index (κ2) is 6.03. The van der Waals surface area contributed by atoms with Crippen LogP contribution in [0.25, 0.3) is 0 Å². The van der Waals surface area contributed by atoms with E-state index in [1.165, 1.54) is 0 Å². The van der Waals surface area contributed by atoms with E-state index in [0.717, 1.165) is 5.56 Å². The molecule has 0 saturated carbocycles. The SMILES string of the molecule is N#CCc1ccc(OC(=O)c2ccc(Cl)cc2)cc1. The number of benzene rings is 2. The van der Waals surface area contributed by atoms with Gasteiger partial charge in [0.2, 0.25) is 0 Å². The second-order valence-electron chi connectivity index (χ2n) is 3.88. The normalized spacial score (nSPS) is 9.68. The fourth-order valence-electron chi connectivity index (χ4n) is 1.52. The number of carbonyl (C=O) groups excluding carboxylic acids is 1. The number of nitrogens with zero attached hydrogens (tertiary/aromatic N) is 1. The maximum atomic E-state index is 11.8. The quantitative estimate of drug-likeness (QED) is 0.633. The Morgan fingerprint density at radius 1 is 1.11 bits per heavy atom. The largest absolute Gasteiger partial charge is 0.423 e. The van der Waals surface area contributed by atoms with Crippen molar-refractivity contribution >= 4 is 17.6 Å². The van der Waals surface area contributed by atoms with E-state index in [2.05, 4.69) is 6.07 Å². The predicted octanol–water partition coefficient (Wildman–Crippen LogP) is 3.63. The first-order valence-electron chi connectivity index (χ1n) is 5.62. The van der Waals surface area contributed by atoms with Gasteiger partial charge in [-0.1, -0.05) is 23.7 Å². The molecule has 0 fully saturated rings. The molecule has 94 valence electrons. The molecule has 0 atom stereocenters. The van der Waals surface area contributed by atoms with E-state index in [1.54, 1.807) is 48.5 Å². The molecule has 0 aromatic heterocycles. The van der Waals surface area contributed by atoms with Crippen molar-refractivity contribution in [2.75, 3.05) is 0 Å². The number of carbonyl (C=O) groups is 1. The van der Waals surface area contributed by atoms with Crippen molar-refractivity contribution < 1.29 is 9.53 Å². The smallest absolute Gasteiger partial charge is 0.343 e. The zero-order valence-electron chi connectivity index (χ0n) is 9.97. The molecule has 0 bridgehead atoms. The number of rotatable bonds is 3. The molecule has 0 radical (unpaired) electrons. The van der Waals surface area contributed by atoms with Gasteiger partial charge in [0.15, 0.2) is 0 Å². The summed E-state index contributed by atoms with van der Waals surface area (Å²) in [4.78, 5) is 11.8. The maximum absolute atomic E-state index is 11.8. The lowest BCUT2D eigenvalue weighted by Crippen LogP contribution is -2.08. The standard InChI is InChI=1S/C15H10ClNO2/c16-13-5-3-12(4-6-13)15(18)19-14-7-1-11(2-8-14)9-10-17/h1-8H,9H2. The van der Waals surface area contributed by atoms with E-state index in [1.807, 2.05) is 0 Å². The van der Waals surface area contributed by atoms with Crippen LogP contribution < -0.4 is 4.74 Å². The first kappa shape index (κ1) is 13.1. The summed E-state index contributed by atoms with van der Waals surface area (Å²) in [7, 11) is 0. The summed E-state index contributed by atoms with van der Waals surface area (Å²) in [5.41, 5.74) is 1.32. The van der Waals surface area contributed by atoms with Crippen LogP contribution in [0.1, 0.15) is 15.9 Å². The Hall–Kier alpha value is -2.31.